The molecule has 0 aromatic heterocycles. The highest BCUT2D eigenvalue weighted by molar-refractivity contribution is 7.99. The minimum atomic E-state index is -3.15. The molecule has 2 unspecified atom stereocenters. The first-order valence-corrected chi connectivity index (χ1v) is 8.00. The van der Waals surface area contributed by atoms with E-state index in [0.717, 1.165) is 24.3 Å². The Morgan fingerprint density at radius 1 is 1.53 bits per heavy atom. The summed E-state index contributed by atoms with van der Waals surface area (Å²) in [4.78, 5) is 0. The van der Waals surface area contributed by atoms with Gasteiger partial charge >= 0.3 is 0 Å². The second-order valence-electron chi connectivity index (χ2n) is 3.95. The molecule has 0 radical (unpaired) electrons. The van der Waals surface area contributed by atoms with Crippen LogP contribution in [0.25, 0.3) is 0 Å². The van der Waals surface area contributed by atoms with Crippen LogP contribution < -0.4 is 10.0 Å². The van der Waals surface area contributed by atoms with Crippen LogP contribution in [0.4, 0.5) is 0 Å². The standard InChI is InChI=1S/C9H20N2O2S2/c1-8(6-10-2)15(12,13)11-9-4-3-5-14-7-9/h8-11H,3-7H2,1-2H3. The maximum Gasteiger partial charge on any atom is 0.215 e. The monoisotopic (exact) mass is 252 g/mol. The van der Waals surface area contributed by atoms with Crippen molar-refractivity contribution >= 4 is 21.8 Å². The molecule has 0 aliphatic carbocycles. The lowest BCUT2D eigenvalue weighted by Crippen LogP contribution is -2.45. The number of sulfonamides is 1. The smallest absolute Gasteiger partial charge is 0.215 e. The number of hydrogen-bond acceptors (Lipinski definition) is 4. The average Bonchev–Trinajstić information content (AvgIpc) is 2.19. The Hall–Kier alpha value is 0.220. The fourth-order valence-corrected chi connectivity index (χ4v) is 4.04. The van der Waals surface area contributed by atoms with Crippen LogP contribution in [0.15, 0.2) is 0 Å². The zero-order valence-electron chi connectivity index (χ0n) is 9.32. The van der Waals surface area contributed by atoms with Crippen LogP contribution in [0.2, 0.25) is 0 Å². The van der Waals surface area contributed by atoms with Crippen LogP contribution in [-0.4, -0.2) is 44.8 Å². The van der Waals surface area contributed by atoms with E-state index in [9.17, 15) is 8.42 Å². The van der Waals surface area contributed by atoms with Crippen molar-refractivity contribution in [2.24, 2.45) is 0 Å². The normalized spacial score (nSPS) is 25.1. The highest BCUT2D eigenvalue weighted by atomic mass is 32.2. The molecule has 1 aliphatic heterocycles. The Kier molecular flexibility index (Phi) is 5.38. The molecule has 4 nitrogen and oxygen atoms in total. The van der Waals surface area contributed by atoms with Crippen molar-refractivity contribution in [3.63, 3.8) is 0 Å². The van der Waals surface area contributed by atoms with Gasteiger partial charge in [-0.1, -0.05) is 0 Å². The Bertz CT molecular complexity index is 274. The van der Waals surface area contributed by atoms with E-state index in [2.05, 4.69) is 10.0 Å². The van der Waals surface area contributed by atoms with Gasteiger partial charge in [0.05, 0.1) is 5.25 Å². The topological polar surface area (TPSA) is 58.2 Å². The summed E-state index contributed by atoms with van der Waals surface area (Å²) in [5, 5.41) is 2.52. The fraction of sp³-hybridized carbons (Fsp3) is 1.00. The summed E-state index contributed by atoms with van der Waals surface area (Å²) >= 11 is 1.83. The summed E-state index contributed by atoms with van der Waals surface area (Å²) in [5.41, 5.74) is 0. The van der Waals surface area contributed by atoms with Gasteiger partial charge in [0.15, 0.2) is 0 Å². The molecule has 0 amide bonds. The van der Waals surface area contributed by atoms with E-state index in [4.69, 9.17) is 0 Å². The van der Waals surface area contributed by atoms with E-state index in [0.29, 0.717) is 6.54 Å². The van der Waals surface area contributed by atoms with Crippen LogP contribution in [0.5, 0.6) is 0 Å². The molecule has 1 rings (SSSR count). The van der Waals surface area contributed by atoms with Gasteiger partial charge in [0.2, 0.25) is 10.0 Å². The SMILES string of the molecule is CNCC(C)S(=O)(=O)NC1CCCSC1. The first-order valence-electron chi connectivity index (χ1n) is 5.29. The highest BCUT2D eigenvalue weighted by Crippen LogP contribution is 2.18. The van der Waals surface area contributed by atoms with Gasteiger partial charge in [-0.15, -0.1) is 0 Å². The summed E-state index contributed by atoms with van der Waals surface area (Å²) in [5.74, 6) is 2.07. The molecule has 2 atom stereocenters. The number of nitrogens with one attached hydrogen (secondary N) is 2. The number of rotatable bonds is 5. The van der Waals surface area contributed by atoms with Gasteiger partial charge in [0.1, 0.15) is 0 Å². The Morgan fingerprint density at radius 3 is 2.80 bits per heavy atom. The van der Waals surface area contributed by atoms with E-state index >= 15 is 0 Å². The van der Waals surface area contributed by atoms with Gasteiger partial charge in [-0.3, -0.25) is 0 Å². The summed E-state index contributed by atoms with van der Waals surface area (Å²) in [6.07, 6.45) is 2.08. The van der Waals surface area contributed by atoms with Gasteiger partial charge in [-0.05, 0) is 32.6 Å². The minimum absolute atomic E-state index is 0.132. The van der Waals surface area contributed by atoms with Crippen LogP contribution in [0, 0.1) is 0 Å². The molecule has 0 saturated carbocycles. The Labute approximate surface area is 96.6 Å². The predicted octanol–water partition coefficient (Wildman–Crippen LogP) is 0.409. The molecule has 1 aliphatic rings. The van der Waals surface area contributed by atoms with E-state index in [1.807, 2.05) is 11.8 Å². The van der Waals surface area contributed by atoms with Crippen LogP contribution in [0.3, 0.4) is 0 Å². The van der Waals surface area contributed by atoms with Crippen molar-refractivity contribution in [1.29, 1.82) is 0 Å². The fourth-order valence-electron chi connectivity index (χ4n) is 1.58. The summed E-state index contributed by atoms with van der Waals surface area (Å²) in [6.45, 7) is 2.23. The second kappa shape index (κ2) is 6.08. The molecule has 1 fully saturated rings. The molecule has 0 aromatic rings. The first kappa shape index (κ1) is 13.3. The molecular weight excluding hydrogens is 232 g/mol. The zero-order valence-corrected chi connectivity index (χ0v) is 11.0. The van der Waals surface area contributed by atoms with Crippen LogP contribution in [-0.2, 0) is 10.0 Å². The molecular formula is C9H20N2O2S2. The van der Waals surface area contributed by atoms with E-state index in [-0.39, 0.29) is 11.3 Å². The lowest BCUT2D eigenvalue weighted by atomic mass is 10.2. The van der Waals surface area contributed by atoms with Gasteiger partial charge < -0.3 is 5.32 Å². The van der Waals surface area contributed by atoms with Crippen LogP contribution >= 0.6 is 11.8 Å². The van der Waals surface area contributed by atoms with Crippen LogP contribution in [0.1, 0.15) is 19.8 Å². The largest absolute Gasteiger partial charge is 0.318 e. The van der Waals surface area contributed by atoms with Gasteiger partial charge in [-0.25, -0.2) is 13.1 Å². The van der Waals surface area contributed by atoms with Gasteiger partial charge in [0, 0.05) is 18.3 Å². The summed E-state index contributed by atoms with van der Waals surface area (Å²) < 4.78 is 26.4. The van der Waals surface area contributed by atoms with Gasteiger partial charge in [-0.2, -0.15) is 11.8 Å². The molecule has 1 heterocycles. The third-order valence-corrected chi connectivity index (χ3v) is 5.62. The molecule has 0 spiro atoms. The quantitative estimate of drug-likeness (QED) is 0.744. The van der Waals surface area contributed by atoms with Crippen molar-refractivity contribution in [3.8, 4) is 0 Å². The summed E-state index contributed by atoms with van der Waals surface area (Å²) in [6, 6.07) is 0.132. The zero-order chi connectivity index (χ0) is 11.3. The number of hydrogen-bond donors (Lipinski definition) is 2. The van der Waals surface area contributed by atoms with Crippen molar-refractivity contribution in [3.05, 3.63) is 0 Å². The van der Waals surface area contributed by atoms with Crippen molar-refractivity contribution < 1.29 is 8.42 Å². The second-order valence-corrected chi connectivity index (χ2v) is 7.23. The third kappa shape index (κ3) is 4.30. The Balaban J connectivity index is 2.47. The van der Waals surface area contributed by atoms with E-state index in [1.165, 1.54) is 0 Å². The van der Waals surface area contributed by atoms with E-state index < -0.39 is 10.0 Å². The first-order chi connectivity index (χ1) is 7.06. The molecule has 2 N–H and O–H groups in total. The predicted molar refractivity (Wildman–Crippen MR) is 65.8 cm³/mol. The minimum Gasteiger partial charge on any atom is -0.318 e. The molecule has 15 heavy (non-hydrogen) atoms. The maximum atomic E-state index is 11.8. The molecule has 1 saturated heterocycles. The summed E-state index contributed by atoms with van der Waals surface area (Å²) in [7, 11) is -1.38. The lowest BCUT2D eigenvalue weighted by molar-refractivity contribution is 0.530. The Morgan fingerprint density at radius 2 is 2.27 bits per heavy atom. The molecule has 0 bridgehead atoms. The lowest BCUT2D eigenvalue weighted by Gasteiger charge is -2.24. The van der Waals surface area contributed by atoms with Crippen molar-refractivity contribution in [1.82, 2.24) is 10.0 Å². The van der Waals surface area contributed by atoms with Crippen molar-refractivity contribution in [2.45, 2.75) is 31.1 Å². The molecule has 6 heteroatoms. The molecule has 90 valence electrons. The maximum absolute atomic E-state index is 11.8. The average molecular weight is 252 g/mol. The van der Waals surface area contributed by atoms with Crippen molar-refractivity contribution in [2.75, 3.05) is 25.1 Å². The van der Waals surface area contributed by atoms with Gasteiger partial charge in [0.25, 0.3) is 0 Å². The van der Waals surface area contributed by atoms with E-state index in [1.54, 1.807) is 14.0 Å². The molecule has 0 aromatic carbocycles. The number of thioether (sulfide) groups is 1. The highest BCUT2D eigenvalue weighted by Gasteiger charge is 2.24. The third-order valence-electron chi connectivity index (χ3n) is 2.51.